The minimum Gasteiger partial charge on any atom is -0.480 e. The van der Waals surface area contributed by atoms with Crippen molar-refractivity contribution in [3.8, 4) is 0 Å². The van der Waals surface area contributed by atoms with Crippen molar-refractivity contribution in [2.75, 3.05) is 18.4 Å². The fourth-order valence-corrected chi connectivity index (χ4v) is 2.06. The number of amides is 2. The molecule has 6 nitrogen and oxygen atoms in total. The second-order valence-corrected chi connectivity index (χ2v) is 5.10. The number of nitrogens with one attached hydrogen (secondary N) is 1. The molecule has 0 saturated heterocycles. The molecule has 1 aromatic rings. The number of aliphatic carboxylic acids is 1. The molecular formula is C15H17F3N2O4. The molecule has 0 saturated carbocycles. The Hall–Kier alpha value is -2.58. The highest BCUT2D eigenvalue weighted by Crippen LogP contribution is 2.32. The van der Waals surface area contributed by atoms with Gasteiger partial charge in [-0.1, -0.05) is 6.92 Å². The molecular weight excluding hydrogens is 329 g/mol. The van der Waals surface area contributed by atoms with Crippen molar-refractivity contribution in [2.24, 2.45) is 0 Å². The number of anilines is 1. The van der Waals surface area contributed by atoms with Gasteiger partial charge in [0.05, 0.1) is 5.56 Å². The molecule has 2 N–H and O–H groups in total. The summed E-state index contributed by atoms with van der Waals surface area (Å²) in [5.41, 5.74) is -1.64. The molecule has 0 aromatic heterocycles. The van der Waals surface area contributed by atoms with Gasteiger partial charge in [0.15, 0.2) is 0 Å². The lowest BCUT2D eigenvalue weighted by molar-refractivity contribution is -0.138. The third-order valence-electron chi connectivity index (χ3n) is 2.93. The van der Waals surface area contributed by atoms with Crippen LogP contribution < -0.4 is 5.32 Å². The molecule has 0 heterocycles. The van der Waals surface area contributed by atoms with Gasteiger partial charge in [-0.2, -0.15) is 13.2 Å². The Morgan fingerprint density at radius 3 is 2.29 bits per heavy atom. The van der Waals surface area contributed by atoms with Crippen LogP contribution in [0.15, 0.2) is 18.2 Å². The lowest BCUT2D eigenvalue weighted by atomic mass is 10.1. The molecule has 2 amide bonds. The molecule has 0 aliphatic heterocycles. The molecule has 0 aliphatic rings. The maximum absolute atomic E-state index is 13.0. The third kappa shape index (κ3) is 5.56. The van der Waals surface area contributed by atoms with Gasteiger partial charge in [-0.3, -0.25) is 14.4 Å². The van der Waals surface area contributed by atoms with E-state index in [1.165, 1.54) is 0 Å². The monoisotopic (exact) mass is 346 g/mol. The summed E-state index contributed by atoms with van der Waals surface area (Å²) in [5, 5.41) is 11.0. The first-order valence-corrected chi connectivity index (χ1v) is 7.05. The van der Waals surface area contributed by atoms with Crippen LogP contribution in [0.1, 0.15) is 36.2 Å². The predicted octanol–water partition coefficient (Wildman–Crippen LogP) is 2.60. The molecule has 1 rings (SSSR count). The summed E-state index contributed by atoms with van der Waals surface area (Å²) in [4.78, 5) is 35.2. The van der Waals surface area contributed by atoms with Crippen molar-refractivity contribution in [3.05, 3.63) is 29.3 Å². The standard InChI is InChI=1S/C15H17F3N2O4/c1-3-4-20(8-13(22)23)14(24)10-5-11(15(16,17)18)7-12(6-10)19-9(2)21/h5-7H,3-4,8H2,1-2H3,(H,19,21)(H,22,23). The fourth-order valence-electron chi connectivity index (χ4n) is 2.06. The molecule has 0 spiro atoms. The number of hydrogen-bond acceptors (Lipinski definition) is 3. The van der Waals surface area contributed by atoms with E-state index < -0.39 is 36.1 Å². The maximum atomic E-state index is 13.0. The second-order valence-electron chi connectivity index (χ2n) is 5.10. The highest BCUT2D eigenvalue weighted by molar-refractivity contribution is 5.98. The molecule has 1 aromatic carbocycles. The summed E-state index contributed by atoms with van der Waals surface area (Å²) in [6.07, 6.45) is -4.28. The van der Waals surface area contributed by atoms with Gasteiger partial charge in [0.2, 0.25) is 5.91 Å². The van der Waals surface area contributed by atoms with E-state index in [1.807, 2.05) is 0 Å². The molecule has 0 aliphatic carbocycles. The van der Waals surface area contributed by atoms with Crippen molar-refractivity contribution in [2.45, 2.75) is 26.4 Å². The number of carbonyl (C=O) groups excluding carboxylic acids is 2. The molecule has 0 fully saturated rings. The van der Waals surface area contributed by atoms with Gasteiger partial charge in [-0.25, -0.2) is 0 Å². The lowest BCUT2D eigenvalue weighted by Gasteiger charge is -2.21. The quantitative estimate of drug-likeness (QED) is 0.829. The molecule has 0 radical (unpaired) electrons. The molecule has 24 heavy (non-hydrogen) atoms. The van der Waals surface area contributed by atoms with Crippen molar-refractivity contribution in [1.29, 1.82) is 0 Å². The largest absolute Gasteiger partial charge is 0.480 e. The molecule has 132 valence electrons. The first-order valence-electron chi connectivity index (χ1n) is 7.05. The molecule has 0 bridgehead atoms. The minimum atomic E-state index is -4.72. The van der Waals surface area contributed by atoms with Gasteiger partial charge >= 0.3 is 12.1 Å². The van der Waals surface area contributed by atoms with E-state index in [9.17, 15) is 27.6 Å². The lowest BCUT2D eigenvalue weighted by Crippen LogP contribution is -2.36. The Bertz CT molecular complexity index is 644. The minimum absolute atomic E-state index is 0.0802. The van der Waals surface area contributed by atoms with Crippen LogP contribution in [-0.2, 0) is 15.8 Å². The van der Waals surface area contributed by atoms with Crippen LogP contribution >= 0.6 is 0 Å². The number of nitrogens with zero attached hydrogens (tertiary/aromatic N) is 1. The Labute approximate surface area is 136 Å². The normalized spacial score (nSPS) is 11.0. The Kier molecular flexibility index (Phi) is 6.33. The van der Waals surface area contributed by atoms with E-state index in [0.29, 0.717) is 18.6 Å². The van der Waals surface area contributed by atoms with Gasteiger partial charge in [-0.05, 0) is 24.6 Å². The van der Waals surface area contributed by atoms with Crippen LogP contribution in [0.4, 0.5) is 18.9 Å². The molecule has 0 unspecified atom stereocenters. The number of benzene rings is 1. The molecule has 9 heteroatoms. The van der Waals surface area contributed by atoms with Gasteiger partial charge in [0.1, 0.15) is 6.54 Å². The average molecular weight is 346 g/mol. The van der Waals surface area contributed by atoms with Crippen molar-refractivity contribution < 1.29 is 32.7 Å². The van der Waals surface area contributed by atoms with E-state index in [2.05, 4.69) is 5.32 Å². The van der Waals surface area contributed by atoms with E-state index in [0.717, 1.165) is 17.9 Å². The van der Waals surface area contributed by atoms with E-state index in [4.69, 9.17) is 5.11 Å². The van der Waals surface area contributed by atoms with Gasteiger partial charge in [0.25, 0.3) is 5.91 Å². The highest BCUT2D eigenvalue weighted by Gasteiger charge is 2.32. The van der Waals surface area contributed by atoms with Gasteiger partial charge in [0, 0.05) is 24.7 Å². The maximum Gasteiger partial charge on any atom is 0.416 e. The molecule has 0 atom stereocenters. The number of carbonyl (C=O) groups is 3. The summed E-state index contributed by atoms with van der Waals surface area (Å²) < 4.78 is 38.9. The fraction of sp³-hybridized carbons (Fsp3) is 0.400. The van der Waals surface area contributed by atoms with E-state index in [-0.39, 0.29) is 17.8 Å². The predicted molar refractivity (Wildman–Crippen MR) is 79.6 cm³/mol. The number of carboxylic acid groups (broad SMARTS) is 1. The smallest absolute Gasteiger partial charge is 0.416 e. The summed E-state index contributed by atoms with van der Waals surface area (Å²) in [6, 6.07) is 2.43. The summed E-state index contributed by atoms with van der Waals surface area (Å²) in [5.74, 6) is -2.72. The van der Waals surface area contributed by atoms with Crippen LogP contribution in [0.3, 0.4) is 0 Å². The Balaban J connectivity index is 3.30. The van der Waals surface area contributed by atoms with Crippen LogP contribution in [0.25, 0.3) is 0 Å². The van der Waals surface area contributed by atoms with Crippen LogP contribution in [-0.4, -0.2) is 40.9 Å². The van der Waals surface area contributed by atoms with Crippen LogP contribution in [0.2, 0.25) is 0 Å². The Morgan fingerprint density at radius 1 is 1.21 bits per heavy atom. The number of carboxylic acids is 1. The Morgan fingerprint density at radius 2 is 1.83 bits per heavy atom. The van der Waals surface area contributed by atoms with Crippen LogP contribution in [0.5, 0.6) is 0 Å². The zero-order valence-corrected chi connectivity index (χ0v) is 13.1. The summed E-state index contributed by atoms with van der Waals surface area (Å²) >= 11 is 0. The van der Waals surface area contributed by atoms with Crippen molar-refractivity contribution in [3.63, 3.8) is 0 Å². The SMILES string of the molecule is CCCN(CC(=O)O)C(=O)c1cc(NC(C)=O)cc(C(F)(F)F)c1. The van der Waals surface area contributed by atoms with Crippen molar-refractivity contribution >= 4 is 23.5 Å². The van der Waals surface area contributed by atoms with E-state index in [1.54, 1.807) is 6.92 Å². The highest BCUT2D eigenvalue weighted by atomic mass is 19.4. The second kappa shape index (κ2) is 7.80. The van der Waals surface area contributed by atoms with Crippen LogP contribution in [0, 0.1) is 0 Å². The number of hydrogen-bond donors (Lipinski definition) is 2. The van der Waals surface area contributed by atoms with Crippen molar-refractivity contribution in [1.82, 2.24) is 4.90 Å². The topological polar surface area (TPSA) is 86.7 Å². The first-order chi connectivity index (χ1) is 11.0. The average Bonchev–Trinajstić information content (AvgIpc) is 2.43. The zero-order chi connectivity index (χ0) is 18.5. The summed E-state index contributed by atoms with van der Waals surface area (Å²) in [6.45, 7) is 2.28. The number of rotatable bonds is 6. The zero-order valence-electron chi connectivity index (χ0n) is 13.1. The third-order valence-corrected chi connectivity index (χ3v) is 2.93. The number of alkyl halides is 3. The first kappa shape index (κ1) is 19.5. The number of halogens is 3. The van der Waals surface area contributed by atoms with Gasteiger partial charge in [-0.15, -0.1) is 0 Å². The van der Waals surface area contributed by atoms with Gasteiger partial charge < -0.3 is 15.3 Å². The summed E-state index contributed by atoms with van der Waals surface area (Å²) in [7, 11) is 0. The van der Waals surface area contributed by atoms with E-state index >= 15 is 0 Å².